The van der Waals surface area contributed by atoms with Crippen LogP contribution in [-0.4, -0.2) is 56.5 Å². The zero-order valence-electron chi connectivity index (χ0n) is 21.2. The zero-order chi connectivity index (χ0) is 24.3. The van der Waals surface area contributed by atoms with Crippen LogP contribution < -0.4 is 26.6 Å². The molecular formula is C29H38BrFN2O3. The van der Waals surface area contributed by atoms with Crippen molar-refractivity contribution >= 4 is 11.8 Å². The molecule has 2 bridgehead atoms. The predicted octanol–water partition coefficient (Wildman–Crippen LogP) is 3.14. The molecule has 0 spiro atoms. The van der Waals surface area contributed by atoms with Gasteiger partial charge in [0.1, 0.15) is 31.3 Å². The third kappa shape index (κ3) is 5.88. The Balaban J connectivity index is 0.00000304. The molecule has 5 nitrogen and oxygen atoms in total. The number of benzene rings is 2. The van der Waals surface area contributed by atoms with Crippen LogP contribution in [-0.2, 0) is 4.74 Å². The number of hydrogen-bond acceptors (Lipinski definition) is 3. The SMILES string of the molecule is CN(C(=O)O[C@H]1C[N+]2(CCOc3ccccc3)CCC1CC2)c1cccc(C2CCCCC2)c1F.[Br-]. The molecule has 3 aliphatic heterocycles. The highest BCUT2D eigenvalue weighted by molar-refractivity contribution is 5.87. The maximum atomic E-state index is 15.5. The number of piperidine rings is 3. The lowest BCUT2D eigenvalue weighted by atomic mass is 9.83. The van der Waals surface area contributed by atoms with Gasteiger partial charge in [0.25, 0.3) is 0 Å². The molecule has 3 saturated heterocycles. The number of carbonyl (C=O) groups excluding carboxylic acids is 1. The Bertz CT molecular complexity index is 1010. The minimum absolute atomic E-state index is 0. The average Bonchev–Trinajstić information content (AvgIpc) is 2.90. The highest BCUT2D eigenvalue weighted by Crippen LogP contribution is 2.38. The van der Waals surface area contributed by atoms with Crippen LogP contribution in [0.4, 0.5) is 14.9 Å². The maximum Gasteiger partial charge on any atom is 0.414 e. The van der Waals surface area contributed by atoms with Gasteiger partial charge in [-0.15, -0.1) is 0 Å². The van der Waals surface area contributed by atoms with Crippen molar-refractivity contribution in [3.8, 4) is 5.75 Å². The number of carbonyl (C=O) groups is 1. The van der Waals surface area contributed by atoms with E-state index in [-0.39, 0.29) is 34.8 Å². The van der Waals surface area contributed by atoms with Gasteiger partial charge < -0.3 is 30.9 Å². The molecular weight excluding hydrogens is 523 g/mol. The van der Waals surface area contributed by atoms with E-state index < -0.39 is 6.09 Å². The Morgan fingerprint density at radius 3 is 2.44 bits per heavy atom. The molecule has 1 saturated carbocycles. The highest BCUT2D eigenvalue weighted by atomic mass is 79.9. The van der Waals surface area contributed by atoms with Crippen LogP contribution in [0.1, 0.15) is 56.4 Å². The Hall–Kier alpha value is -2.12. The van der Waals surface area contributed by atoms with E-state index in [1.54, 1.807) is 13.1 Å². The summed E-state index contributed by atoms with van der Waals surface area (Å²) >= 11 is 0. The van der Waals surface area contributed by atoms with Crippen LogP contribution in [0.25, 0.3) is 0 Å². The van der Waals surface area contributed by atoms with Crippen LogP contribution in [0, 0.1) is 11.7 Å². The first-order valence-electron chi connectivity index (χ1n) is 13.3. The van der Waals surface area contributed by atoms with Gasteiger partial charge in [0.15, 0.2) is 6.10 Å². The van der Waals surface area contributed by atoms with Gasteiger partial charge in [-0.3, -0.25) is 4.90 Å². The summed E-state index contributed by atoms with van der Waals surface area (Å²) in [6, 6.07) is 15.3. The molecule has 3 heterocycles. The lowest BCUT2D eigenvalue weighted by molar-refractivity contribution is -0.946. The number of anilines is 1. The van der Waals surface area contributed by atoms with Crippen molar-refractivity contribution in [3.05, 3.63) is 59.9 Å². The van der Waals surface area contributed by atoms with Crippen molar-refractivity contribution in [3.63, 3.8) is 0 Å². The lowest BCUT2D eigenvalue weighted by Crippen LogP contribution is -3.00. The molecule has 0 unspecified atom stereocenters. The van der Waals surface area contributed by atoms with E-state index in [0.717, 1.165) is 80.5 Å². The summed E-state index contributed by atoms with van der Waals surface area (Å²) in [5.41, 5.74) is 1.06. The van der Waals surface area contributed by atoms with Crippen molar-refractivity contribution in [2.24, 2.45) is 5.92 Å². The lowest BCUT2D eigenvalue weighted by Gasteiger charge is -2.52. The van der Waals surface area contributed by atoms with E-state index in [4.69, 9.17) is 9.47 Å². The molecule has 1 atom stereocenters. The van der Waals surface area contributed by atoms with Gasteiger partial charge >= 0.3 is 6.09 Å². The molecule has 4 fully saturated rings. The van der Waals surface area contributed by atoms with Crippen molar-refractivity contribution in [1.82, 2.24) is 0 Å². The van der Waals surface area contributed by atoms with Crippen LogP contribution in [0.3, 0.4) is 0 Å². The second-order valence-electron chi connectivity index (χ2n) is 10.7. The number of nitrogens with zero attached hydrogens (tertiary/aromatic N) is 2. The number of ether oxygens (including phenoxy) is 2. The van der Waals surface area contributed by atoms with Gasteiger partial charge in [-0.05, 0) is 42.5 Å². The molecule has 6 rings (SSSR count). The number of fused-ring (bicyclic) bond motifs is 3. The molecule has 0 aromatic heterocycles. The van der Waals surface area contributed by atoms with Gasteiger partial charge in [0.2, 0.25) is 0 Å². The summed E-state index contributed by atoms with van der Waals surface area (Å²) in [5.74, 6) is 1.26. The Morgan fingerprint density at radius 1 is 1.00 bits per heavy atom. The van der Waals surface area contributed by atoms with Crippen molar-refractivity contribution in [2.75, 3.05) is 44.7 Å². The Morgan fingerprint density at radius 2 is 1.72 bits per heavy atom. The molecule has 1 aliphatic carbocycles. The molecule has 36 heavy (non-hydrogen) atoms. The second kappa shape index (κ2) is 12.0. The van der Waals surface area contributed by atoms with E-state index in [9.17, 15) is 4.79 Å². The first-order valence-corrected chi connectivity index (χ1v) is 13.3. The molecule has 2 aromatic rings. The minimum atomic E-state index is -0.456. The topological polar surface area (TPSA) is 38.8 Å². The number of hydrogen-bond donors (Lipinski definition) is 0. The zero-order valence-corrected chi connectivity index (χ0v) is 22.8. The van der Waals surface area contributed by atoms with Crippen LogP contribution >= 0.6 is 0 Å². The van der Waals surface area contributed by atoms with Gasteiger partial charge in [0, 0.05) is 25.8 Å². The quantitative estimate of drug-likeness (QED) is 0.488. The van der Waals surface area contributed by atoms with Crippen LogP contribution in [0.15, 0.2) is 48.5 Å². The third-order valence-corrected chi connectivity index (χ3v) is 8.56. The molecule has 1 amide bonds. The van der Waals surface area contributed by atoms with Crippen LogP contribution in [0.5, 0.6) is 5.75 Å². The van der Waals surface area contributed by atoms with Crippen molar-refractivity contribution in [1.29, 1.82) is 0 Å². The minimum Gasteiger partial charge on any atom is -1.00 e. The highest BCUT2D eigenvalue weighted by Gasteiger charge is 2.47. The first-order chi connectivity index (χ1) is 17.0. The number of rotatable bonds is 7. The largest absolute Gasteiger partial charge is 1.00 e. The summed E-state index contributed by atoms with van der Waals surface area (Å²) in [7, 11) is 1.63. The maximum absolute atomic E-state index is 15.5. The number of quaternary nitrogens is 1. The first kappa shape index (κ1) is 26.9. The summed E-state index contributed by atoms with van der Waals surface area (Å²) in [5, 5.41) is 0. The molecule has 196 valence electrons. The van der Waals surface area contributed by atoms with Gasteiger partial charge in [-0.1, -0.05) is 49.6 Å². The smallest absolute Gasteiger partial charge is 0.414 e. The van der Waals surface area contributed by atoms with Gasteiger partial charge in [-0.25, -0.2) is 9.18 Å². The fourth-order valence-corrected chi connectivity index (χ4v) is 6.37. The monoisotopic (exact) mass is 560 g/mol. The van der Waals surface area contributed by atoms with Crippen LogP contribution in [0.2, 0.25) is 0 Å². The number of halogens is 2. The number of para-hydroxylation sites is 1. The van der Waals surface area contributed by atoms with Crippen molar-refractivity contribution in [2.45, 2.75) is 57.0 Å². The van der Waals surface area contributed by atoms with E-state index in [2.05, 4.69) is 0 Å². The summed E-state index contributed by atoms with van der Waals surface area (Å²) < 4.78 is 28.4. The fraction of sp³-hybridized carbons (Fsp3) is 0.552. The molecule has 4 aliphatic rings. The van der Waals surface area contributed by atoms with E-state index in [0.29, 0.717) is 18.2 Å². The van der Waals surface area contributed by atoms with Gasteiger partial charge in [-0.2, -0.15) is 0 Å². The van der Waals surface area contributed by atoms with E-state index >= 15 is 4.39 Å². The standard InChI is InChI=1S/C29H38FN2O3.BrH/c1-31(26-14-8-13-25(28(26)30)22-9-4-2-5-10-22)29(33)35-27-21-32(17-15-23(27)16-18-32)19-20-34-24-11-6-3-7-12-24;/h3,6-8,11-14,22-23,27H,2,4-5,9-10,15-21H2,1H3;1H/q+1;/p-1/t23?,27-,32?;/m0./s1. The Kier molecular flexibility index (Phi) is 8.94. The predicted molar refractivity (Wildman–Crippen MR) is 135 cm³/mol. The summed E-state index contributed by atoms with van der Waals surface area (Å²) in [6.45, 7) is 4.57. The molecule has 0 radical (unpaired) electrons. The van der Waals surface area contributed by atoms with E-state index in [1.165, 1.54) is 11.3 Å². The molecule has 7 heteroatoms. The van der Waals surface area contributed by atoms with Crippen molar-refractivity contribution < 1.29 is 40.1 Å². The normalized spacial score (nSPS) is 25.6. The fourth-order valence-electron chi connectivity index (χ4n) is 6.37. The summed E-state index contributed by atoms with van der Waals surface area (Å²) in [6.07, 6.45) is 7.08. The van der Waals surface area contributed by atoms with E-state index in [1.807, 2.05) is 42.5 Å². The second-order valence-corrected chi connectivity index (χ2v) is 10.7. The third-order valence-electron chi connectivity index (χ3n) is 8.56. The van der Waals surface area contributed by atoms with Gasteiger partial charge in [0.05, 0.1) is 18.8 Å². The average molecular weight is 562 g/mol. The molecule has 2 aromatic carbocycles. The molecule has 0 N–H and O–H groups in total. The number of amides is 1. The summed E-state index contributed by atoms with van der Waals surface area (Å²) in [4.78, 5) is 14.5. The Labute approximate surface area is 224 Å².